The third-order valence-corrected chi connectivity index (χ3v) is 5.28. The predicted octanol–water partition coefficient (Wildman–Crippen LogP) is 5.29. The standard InChI is InChI=1S/C16H21S2/c1(7-13-17-15-9-3-4-10-15)2-8-14-18-16-11-5-6-12-16/h3-6,9-12,15H,1-2,7-8,13-14H2/q-1. The van der Waals surface area contributed by atoms with E-state index in [1.54, 1.807) is 0 Å². The molecule has 98 valence electrons. The molecule has 0 atom stereocenters. The van der Waals surface area contributed by atoms with Crippen LogP contribution in [0.5, 0.6) is 0 Å². The molecule has 2 heteroatoms. The van der Waals surface area contributed by atoms with Crippen LogP contribution in [0, 0.1) is 0 Å². The van der Waals surface area contributed by atoms with Gasteiger partial charge >= 0.3 is 0 Å². The fourth-order valence-corrected chi connectivity index (χ4v) is 3.92. The van der Waals surface area contributed by atoms with Gasteiger partial charge in [0.2, 0.25) is 0 Å². The Labute approximate surface area is 119 Å². The van der Waals surface area contributed by atoms with E-state index in [9.17, 15) is 0 Å². The highest BCUT2D eigenvalue weighted by atomic mass is 32.2. The van der Waals surface area contributed by atoms with Crippen molar-refractivity contribution in [2.45, 2.75) is 35.8 Å². The average Bonchev–Trinajstić information content (AvgIpc) is 3.05. The average molecular weight is 277 g/mol. The smallest absolute Gasteiger partial charge is 0.0413 e. The first-order valence-corrected chi connectivity index (χ1v) is 8.80. The second kappa shape index (κ2) is 8.60. The van der Waals surface area contributed by atoms with Crippen LogP contribution >= 0.6 is 23.5 Å². The van der Waals surface area contributed by atoms with Crippen LogP contribution in [0.15, 0.2) is 53.5 Å². The highest BCUT2D eigenvalue weighted by Gasteiger charge is 2.02. The molecule has 0 saturated heterocycles. The van der Waals surface area contributed by atoms with Gasteiger partial charge < -0.3 is 0 Å². The molecule has 1 aromatic carbocycles. The molecule has 0 saturated carbocycles. The van der Waals surface area contributed by atoms with Crippen molar-refractivity contribution >= 4 is 23.5 Å². The van der Waals surface area contributed by atoms with Gasteiger partial charge in [-0.2, -0.15) is 30.0 Å². The zero-order valence-corrected chi connectivity index (χ0v) is 12.4. The fraction of sp³-hybridized carbons (Fsp3) is 0.438. The van der Waals surface area contributed by atoms with Crippen LogP contribution < -0.4 is 0 Å². The van der Waals surface area contributed by atoms with Crippen LogP contribution in [0.1, 0.15) is 25.7 Å². The molecule has 0 fully saturated rings. The zero-order chi connectivity index (χ0) is 12.5. The largest absolute Gasteiger partial charge is 0.207 e. The van der Waals surface area contributed by atoms with Crippen LogP contribution in [0.3, 0.4) is 0 Å². The Morgan fingerprint density at radius 1 is 1.00 bits per heavy atom. The van der Waals surface area contributed by atoms with Gasteiger partial charge in [-0.05, 0) is 24.3 Å². The maximum absolute atomic E-state index is 2.28. The molecule has 0 unspecified atom stereocenters. The normalized spacial score (nSPS) is 14.7. The molecule has 0 heterocycles. The van der Waals surface area contributed by atoms with Crippen molar-refractivity contribution in [2.24, 2.45) is 0 Å². The van der Waals surface area contributed by atoms with Crippen molar-refractivity contribution in [3.63, 3.8) is 0 Å². The number of hydrogen-bond acceptors (Lipinski definition) is 2. The molecule has 0 aliphatic heterocycles. The Morgan fingerprint density at radius 2 is 1.78 bits per heavy atom. The lowest BCUT2D eigenvalue weighted by Crippen LogP contribution is -1.92. The zero-order valence-electron chi connectivity index (χ0n) is 10.8. The molecule has 0 spiro atoms. The van der Waals surface area contributed by atoms with Crippen molar-refractivity contribution in [2.75, 3.05) is 11.5 Å². The van der Waals surface area contributed by atoms with Crippen molar-refractivity contribution in [1.82, 2.24) is 0 Å². The molecular weight excluding hydrogens is 256 g/mol. The summed E-state index contributed by atoms with van der Waals surface area (Å²) in [6.45, 7) is 0. The van der Waals surface area contributed by atoms with E-state index in [0.29, 0.717) is 5.25 Å². The molecule has 0 aromatic heterocycles. The Hall–Kier alpha value is -0.470. The summed E-state index contributed by atoms with van der Waals surface area (Å²) in [5, 5.41) is 0.651. The molecule has 0 N–H and O–H groups in total. The lowest BCUT2D eigenvalue weighted by Gasteiger charge is -2.06. The molecular formula is C16H21S2-. The van der Waals surface area contributed by atoms with Gasteiger partial charge in [-0.1, -0.05) is 37.1 Å². The molecule has 1 aliphatic carbocycles. The van der Waals surface area contributed by atoms with Crippen LogP contribution in [-0.4, -0.2) is 16.8 Å². The van der Waals surface area contributed by atoms with Crippen molar-refractivity contribution < 1.29 is 0 Å². The second-order valence-electron chi connectivity index (χ2n) is 4.49. The Bertz CT molecular complexity index is 350. The van der Waals surface area contributed by atoms with Crippen molar-refractivity contribution in [3.8, 4) is 0 Å². The minimum absolute atomic E-state index is 0.651. The third-order valence-electron chi connectivity index (χ3n) is 2.96. The van der Waals surface area contributed by atoms with Crippen molar-refractivity contribution in [3.05, 3.63) is 48.6 Å². The van der Waals surface area contributed by atoms with E-state index in [0.717, 1.165) is 0 Å². The van der Waals surface area contributed by atoms with Gasteiger partial charge in [-0.15, -0.1) is 4.90 Å². The predicted molar refractivity (Wildman–Crippen MR) is 85.8 cm³/mol. The fourth-order valence-electron chi connectivity index (χ4n) is 1.94. The molecule has 0 amide bonds. The molecule has 18 heavy (non-hydrogen) atoms. The summed E-state index contributed by atoms with van der Waals surface area (Å²) in [5.41, 5.74) is 0. The van der Waals surface area contributed by atoms with E-state index >= 15 is 0 Å². The lowest BCUT2D eigenvalue weighted by atomic mass is 10.2. The van der Waals surface area contributed by atoms with Gasteiger partial charge in [0.1, 0.15) is 0 Å². The van der Waals surface area contributed by atoms with E-state index in [2.05, 4.69) is 60.3 Å². The first kappa shape index (κ1) is 14.0. The number of thioether (sulfide) groups is 2. The topological polar surface area (TPSA) is 0 Å². The van der Waals surface area contributed by atoms with Crippen LogP contribution in [0.25, 0.3) is 0 Å². The first-order chi connectivity index (χ1) is 8.95. The summed E-state index contributed by atoms with van der Waals surface area (Å²) >= 11 is 4.05. The summed E-state index contributed by atoms with van der Waals surface area (Å²) in [5.74, 6) is 2.57. The van der Waals surface area contributed by atoms with E-state index in [1.165, 1.54) is 42.1 Å². The van der Waals surface area contributed by atoms with Gasteiger partial charge in [0.15, 0.2) is 0 Å². The molecule has 0 radical (unpaired) electrons. The van der Waals surface area contributed by atoms with E-state index in [-0.39, 0.29) is 0 Å². The highest BCUT2D eigenvalue weighted by Crippen LogP contribution is 2.21. The Kier molecular flexibility index (Phi) is 6.67. The van der Waals surface area contributed by atoms with Gasteiger partial charge in [-0.25, -0.2) is 17.8 Å². The maximum Gasteiger partial charge on any atom is 0.0413 e. The van der Waals surface area contributed by atoms with E-state index in [4.69, 9.17) is 0 Å². The van der Waals surface area contributed by atoms with Crippen LogP contribution in [-0.2, 0) is 0 Å². The van der Waals surface area contributed by atoms with E-state index in [1.807, 2.05) is 11.8 Å². The Morgan fingerprint density at radius 3 is 2.50 bits per heavy atom. The second-order valence-corrected chi connectivity index (χ2v) is 6.94. The molecule has 0 bridgehead atoms. The monoisotopic (exact) mass is 277 g/mol. The summed E-state index contributed by atoms with van der Waals surface area (Å²) in [4.78, 5) is 1.42. The van der Waals surface area contributed by atoms with Crippen LogP contribution in [0.4, 0.5) is 0 Å². The third kappa shape index (κ3) is 5.45. The minimum atomic E-state index is 0.651. The Balaban J connectivity index is 1.37. The molecule has 1 aromatic rings. The van der Waals surface area contributed by atoms with Gasteiger partial charge in [0.25, 0.3) is 0 Å². The van der Waals surface area contributed by atoms with Gasteiger partial charge in [0, 0.05) is 5.25 Å². The lowest BCUT2D eigenvalue weighted by molar-refractivity contribution is 0.711. The first-order valence-electron chi connectivity index (χ1n) is 6.76. The van der Waals surface area contributed by atoms with Crippen LogP contribution in [0.2, 0.25) is 0 Å². The van der Waals surface area contributed by atoms with Crippen molar-refractivity contribution in [1.29, 1.82) is 0 Å². The summed E-state index contributed by atoms with van der Waals surface area (Å²) in [6.07, 6.45) is 14.3. The summed E-state index contributed by atoms with van der Waals surface area (Å²) < 4.78 is 0. The molecule has 1 aliphatic rings. The van der Waals surface area contributed by atoms with E-state index < -0.39 is 0 Å². The molecule has 0 nitrogen and oxygen atoms in total. The molecule has 2 rings (SSSR count). The minimum Gasteiger partial charge on any atom is -0.207 e. The van der Waals surface area contributed by atoms with Gasteiger partial charge in [0.05, 0.1) is 0 Å². The van der Waals surface area contributed by atoms with Gasteiger partial charge in [-0.3, -0.25) is 0 Å². The number of allylic oxidation sites excluding steroid dienone is 2. The summed E-state index contributed by atoms with van der Waals surface area (Å²) in [6, 6.07) is 8.63. The maximum atomic E-state index is 2.28. The SMILES string of the molecule is C1=CC(SCCCCCCSc2cc[cH-]c2)C=C1. The highest BCUT2D eigenvalue weighted by molar-refractivity contribution is 8.00. The number of hydrogen-bond donors (Lipinski definition) is 0. The number of rotatable bonds is 9. The number of unbranched alkanes of at least 4 members (excludes halogenated alkanes) is 3. The quantitative estimate of drug-likeness (QED) is 0.342. The summed E-state index contributed by atoms with van der Waals surface area (Å²) in [7, 11) is 0.